The summed E-state index contributed by atoms with van der Waals surface area (Å²) in [5, 5.41) is 8.54. The van der Waals surface area contributed by atoms with E-state index >= 15 is 0 Å². The second-order valence-corrected chi connectivity index (χ2v) is 6.66. The summed E-state index contributed by atoms with van der Waals surface area (Å²) in [6, 6.07) is 0. The molecule has 118 valence electrons. The minimum Gasteiger partial charge on any atom is -0.481 e. The zero-order valence-electron chi connectivity index (χ0n) is 13.4. The van der Waals surface area contributed by atoms with Crippen LogP contribution in [0.2, 0.25) is 0 Å². The van der Waals surface area contributed by atoms with Gasteiger partial charge in [-0.2, -0.15) is 0 Å². The van der Waals surface area contributed by atoms with Gasteiger partial charge in [0.1, 0.15) is 0 Å². The highest BCUT2D eigenvalue weighted by atomic mass is 16.4. The van der Waals surface area contributed by atoms with Gasteiger partial charge >= 0.3 is 5.97 Å². The molecule has 2 atom stereocenters. The van der Waals surface area contributed by atoms with Crippen molar-refractivity contribution in [2.75, 3.05) is 0 Å². The van der Waals surface area contributed by atoms with Crippen molar-refractivity contribution in [1.29, 1.82) is 0 Å². The van der Waals surface area contributed by atoms with Gasteiger partial charge in [-0.15, -0.1) is 0 Å². The van der Waals surface area contributed by atoms with Gasteiger partial charge in [-0.3, -0.25) is 4.79 Å². The average Bonchev–Trinajstić information content (AvgIpc) is 3.16. The molecule has 0 amide bonds. The first-order valence-electron chi connectivity index (χ1n) is 8.95. The fourth-order valence-electron chi connectivity index (χ4n) is 3.24. The summed E-state index contributed by atoms with van der Waals surface area (Å²) in [4.78, 5) is 10.4. The maximum Gasteiger partial charge on any atom is 0.303 e. The van der Waals surface area contributed by atoms with Gasteiger partial charge in [0, 0.05) is 6.42 Å². The van der Waals surface area contributed by atoms with Gasteiger partial charge < -0.3 is 5.11 Å². The molecule has 20 heavy (non-hydrogen) atoms. The van der Waals surface area contributed by atoms with Crippen LogP contribution in [-0.2, 0) is 4.79 Å². The third-order valence-corrected chi connectivity index (χ3v) is 4.71. The molecule has 2 heteroatoms. The van der Waals surface area contributed by atoms with Gasteiger partial charge in [0.15, 0.2) is 0 Å². The number of carboxylic acid groups (broad SMARTS) is 1. The predicted molar refractivity (Wildman–Crippen MR) is 84.9 cm³/mol. The van der Waals surface area contributed by atoms with Crippen LogP contribution in [0.1, 0.15) is 96.8 Å². The SMILES string of the molecule is CCCCCCC1CC1CCCCCCCCC(=O)O. The monoisotopic (exact) mass is 282 g/mol. The Kier molecular flexibility index (Phi) is 9.78. The van der Waals surface area contributed by atoms with Crippen LogP contribution in [0.25, 0.3) is 0 Å². The molecule has 0 radical (unpaired) electrons. The van der Waals surface area contributed by atoms with E-state index in [1.807, 2.05) is 0 Å². The average molecular weight is 282 g/mol. The maximum atomic E-state index is 10.4. The van der Waals surface area contributed by atoms with E-state index < -0.39 is 5.97 Å². The molecule has 0 aromatic carbocycles. The Morgan fingerprint density at radius 1 is 0.850 bits per heavy atom. The zero-order chi connectivity index (χ0) is 14.6. The smallest absolute Gasteiger partial charge is 0.303 e. The minimum atomic E-state index is -0.649. The molecule has 0 aromatic heterocycles. The van der Waals surface area contributed by atoms with Gasteiger partial charge in [0.2, 0.25) is 0 Å². The van der Waals surface area contributed by atoms with Gasteiger partial charge in [0.25, 0.3) is 0 Å². The van der Waals surface area contributed by atoms with Crippen LogP contribution in [0.5, 0.6) is 0 Å². The van der Waals surface area contributed by atoms with Crippen molar-refractivity contribution in [2.45, 2.75) is 96.8 Å². The topological polar surface area (TPSA) is 37.3 Å². The molecule has 1 saturated carbocycles. The molecule has 2 nitrogen and oxygen atoms in total. The van der Waals surface area contributed by atoms with Gasteiger partial charge in [-0.05, 0) is 24.7 Å². The summed E-state index contributed by atoms with van der Waals surface area (Å²) in [6.45, 7) is 2.28. The summed E-state index contributed by atoms with van der Waals surface area (Å²) < 4.78 is 0. The molecule has 0 bridgehead atoms. The normalized spacial score (nSPS) is 21.1. The number of hydrogen-bond acceptors (Lipinski definition) is 1. The second kappa shape index (κ2) is 11.2. The minimum absolute atomic E-state index is 0.349. The van der Waals surface area contributed by atoms with E-state index in [0.29, 0.717) is 6.42 Å². The van der Waals surface area contributed by atoms with Crippen molar-refractivity contribution in [3.63, 3.8) is 0 Å². The lowest BCUT2D eigenvalue weighted by atomic mass is 10.0. The van der Waals surface area contributed by atoms with Crippen molar-refractivity contribution in [2.24, 2.45) is 11.8 Å². The predicted octanol–water partition coefficient (Wildman–Crippen LogP) is 5.80. The molecule has 1 aliphatic carbocycles. The van der Waals surface area contributed by atoms with E-state index in [0.717, 1.165) is 24.7 Å². The molecule has 0 heterocycles. The van der Waals surface area contributed by atoms with Crippen molar-refractivity contribution in [3.8, 4) is 0 Å². The number of rotatable bonds is 14. The van der Waals surface area contributed by atoms with Crippen molar-refractivity contribution < 1.29 is 9.90 Å². The molecule has 1 fully saturated rings. The number of carbonyl (C=O) groups is 1. The second-order valence-electron chi connectivity index (χ2n) is 6.66. The van der Waals surface area contributed by atoms with E-state index in [2.05, 4.69) is 6.92 Å². The highest BCUT2D eigenvalue weighted by molar-refractivity contribution is 5.66. The van der Waals surface area contributed by atoms with Crippen LogP contribution in [0.15, 0.2) is 0 Å². The first-order chi connectivity index (χ1) is 9.74. The standard InChI is InChI=1S/C18H34O2/c1-2-3-4-9-12-16-15-17(16)13-10-7-5-6-8-11-14-18(19)20/h16-17H,2-15H2,1H3,(H,19,20). The fourth-order valence-corrected chi connectivity index (χ4v) is 3.24. The fraction of sp³-hybridized carbons (Fsp3) is 0.944. The zero-order valence-corrected chi connectivity index (χ0v) is 13.4. The van der Waals surface area contributed by atoms with Crippen molar-refractivity contribution in [1.82, 2.24) is 0 Å². The van der Waals surface area contributed by atoms with Crippen LogP contribution < -0.4 is 0 Å². The summed E-state index contributed by atoms with van der Waals surface area (Å²) in [5.41, 5.74) is 0. The Bertz CT molecular complexity index is 250. The third kappa shape index (κ3) is 9.39. The molecule has 0 aliphatic heterocycles. The molecule has 0 saturated heterocycles. The van der Waals surface area contributed by atoms with Gasteiger partial charge in [0.05, 0.1) is 0 Å². The summed E-state index contributed by atoms with van der Waals surface area (Å²) in [7, 11) is 0. The molecular weight excluding hydrogens is 248 g/mol. The molecule has 1 aliphatic rings. The van der Waals surface area contributed by atoms with Crippen LogP contribution in [0.3, 0.4) is 0 Å². The lowest BCUT2D eigenvalue weighted by Crippen LogP contribution is -1.93. The summed E-state index contributed by atoms with van der Waals surface area (Å²) >= 11 is 0. The highest BCUT2D eigenvalue weighted by Gasteiger charge is 2.34. The first kappa shape index (κ1) is 17.5. The number of hydrogen-bond donors (Lipinski definition) is 1. The lowest BCUT2D eigenvalue weighted by molar-refractivity contribution is -0.137. The summed E-state index contributed by atoms with van der Waals surface area (Å²) in [5.74, 6) is 1.48. The van der Waals surface area contributed by atoms with E-state index in [1.54, 1.807) is 0 Å². The van der Waals surface area contributed by atoms with Crippen LogP contribution >= 0.6 is 0 Å². The molecule has 1 rings (SSSR count). The quantitative estimate of drug-likeness (QED) is 0.409. The maximum absolute atomic E-state index is 10.4. The van der Waals surface area contributed by atoms with E-state index in [9.17, 15) is 4.79 Å². The Labute approximate surface area is 125 Å². The van der Waals surface area contributed by atoms with E-state index in [-0.39, 0.29) is 0 Å². The number of unbranched alkanes of at least 4 members (excludes halogenated alkanes) is 8. The molecule has 1 N–H and O–H groups in total. The molecule has 0 aromatic rings. The van der Waals surface area contributed by atoms with Crippen molar-refractivity contribution in [3.05, 3.63) is 0 Å². The van der Waals surface area contributed by atoms with Gasteiger partial charge in [-0.25, -0.2) is 0 Å². The largest absolute Gasteiger partial charge is 0.481 e. The van der Waals surface area contributed by atoms with Crippen LogP contribution in [0, 0.1) is 11.8 Å². The van der Waals surface area contributed by atoms with E-state index in [1.165, 1.54) is 70.6 Å². The third-order valence-electron chi connectivity index (χ3n) is 4.71. The lowest BCUT2D eigenvalue weighted by Gasteiger charge is -2.02. The highest BCUT2D eigenvalue weighted by Crippen LogP contribution is 2.45. The number of carboxylic acids is 1. The molecule has 2 unspecified atom stereocenters. The number of aliphatic carboxylic acids is 1. The Balaban J connectivity index is 1.76. The Morgan fingerprint density at radius 3 is 1.90 bits per heavy atom. The van der Waals surface area contributed by atoms with Crippen LogP contribution in [0.4, 0.5) is 0 Å². The van der Waals surface area contributed by atoms with Gasteiger partial charge in [-0.1, -0.05) is 77.6 Å². The molecular formula is C18H34O2. The van der Waals surface area contributed by atoms with Crippen LogP contribution in [-0.4, -0.2) is 11.1 Å². The van der Waals surface area contributed by atoms with E-state index in [4.69, 9.17) is 5.11 Å². The first-order valence-corrected chi connectivity index (χ1v) is 8.95. The Morgan fingerprint density at radius 2 is 1.35 bits per heavy atom. The summed E-state index contributed by atoms with van der Waals surface area (Å²) in [6.07, 6.45) is 17.7. The molecule has 0 spiro atoms. The Hall–Kier alpha value is -0.530. The van der Waals surface area contributed by atoms with Crippen molar-refractivity contribution >= 4 is 5.97 Å².